The maximum absolute atomic E-state index is 14.0. The van der Waals surface area contributed by atoms with Gasteiger partial charge in [-0.2, -0.15) is 0 Å². The average molecular weight is 609 g/mol. The smallest absolute Gasteiger partial charge is 0.407 e. The summed E-state index contributed by atoms with van der Waals surface area (Å²) in [7, 11) is 1.59. The zero-order valence-corrected chi connectivity index (χ0v) is 26.3. The van der Waals surface area contributed by atoms with E-state index < -0.39 is 41.3 Å². The Bertz CT molecular complexity index is 1670. The minimum absolute atomic E-state index is 0.00703. The Morgan fingerprint density at radius 3 is 2.39 bits per heavy atom. The first-order valence-electron chi connectivity index (χ1n) is 14.6. The number of hydrogen-bond acceptors (Lipinski definition) is 9. The summed E-state index contributed by atoms with van der Waals surface area (Å²) in [4.78, 5) is 56.1. The number of amides is 2. The van der Waals surface area contributed by atoms with Crippen LogP contribution in [-0.2, 0) is 44.2 Å². The second-order valence-electron chi connectivity index (χ2n) is 11.6. The Morgan fingerprint density at radius 2 is 1.77 bits per heavy atom. The largest absolute Gasteiger partial charge is 0.497 e. The molecule has 0 spiro atoms. The van der Waals surface area contributed by atoms with E-state index in [2.05, 4.69) is 10.6 Å². The summed E-state index contributed by atoms with van der Waals surface area (Å²) in [5.74, 6) is -0.699. The summed E-state index contributed by atoms with van der Waals surface area (Å²) >= 11 is 0. The van der Waals surface area contributed by atoms with Gasteiger partial charge < -0.3 is 34.5 Å². The van der Waals surface area contributed by atoms with Crippen LogP contribution >= 0.6 is 0 Å². The highest BCUT2D eigenvalue weighted by atomic mass is 16.6. The number of aromatic nitrogens is 2. The molecule has 3 N–H and O–H groups in total. The van der Waals surface area contributed by atoms with Crippen molar-refractivity contribution in [2.24, 2.45) is 0 Å². The Hall–Kier alpha value is -4.45. The molecule has 3 aromatic rings. The van der Waals surface area contributed by atoms with Gasteiger partial charge in [-0.15, -0.1) is 0 Å². The van der Waals surface area contributed by atoms with Crippen LogP contribution in [0.2, 0.25) is 0 Å². The van der Waals surface area contributed by atoms with E-state index in [1.165, 1.54) is 11.5 Å². The number of aliphatic hydroxyl groups is 1. The molecule has 0 unspecified atom stereocenters. The van der Waals surface area contributed by atoms with Gasteiger partial charge in [0.15, 0.2) is 5.60 Å². The number of benzene rings is 1. The topological polar surface area (TPSA) is 158 Å². The molecule has 0 saturated heterocycles. The van der Waals surface area contributed by atoms with Crippen molar-refractivity contribution in [2.45, 2.75) is 78.7 Å². The van der Waals surface area contributed by atoms with E-state index in [0.29, 0.717) is 29.1 Å². The molecule has 1 aromatic carbocycles. The van der Waals surface area contributed by atoms with Gasteiger partial charge in [0.1, 0.15) is 18.0 Å². The van der Waals surface area contributed by atoms with Gasteiger partial charge in [-0.25, -0.2) is 9.78 Å². The molecule has 0 radical (unpaired) electrons. The maximum atomic E-state index is 14.0. The van der Waals surface area contributed by atoms with Gasteiger partial charge in [-0.3, -0.25) is 14.4 Å². The Morgan fingerprint density at radius 1 is 1.07 bits per heavy atom. The fourth-order valence-electron chi connectivity index (χ4n) is 5.42. The SMILES string of the molecule is CCc1c2c(nc3ccc(OC)cc13)-c1cc([C@@](O)(CC)C(=O)NCCNC(=O)OC(C)(C)C)c(COC(C)=O)c(=O)n1C2. The number of carbonyl (C=O) groups excluding carboxylic acids is 3. The van der Waals surface area contributed by atoms with Crippen molar-refractivity contribution in [2.75, 3.05) is 20.2 Å². The molecule has 0 aliphatic carbocycles. The van der Waals surface area contributed by atoms with Crippen LogP contribution in [0.3, 0.4) is 0 Å². The molecule has 12 heteroatoms. The molecule has 44 heavy (non-hydrogen) atoms. The number of rotatable bonds is 10. The van der Waals surface area contributed by atoms with E-state index in [1.807, 2.05) is 25.1 Å². The Labute approximate surface area is 255 Å². The normalized spacial score (nSPS) is 13.5. The maximum Gasteiger partial charge on any atom is 0.407 e. The number of nitrogens with one attached hydrogen (secondary N) is 2. The summed E-state index contributed by atoms with van der Waals surface area (Å²) in [5.41, 5.74) is 0.305. The highest BCUT2D eigenvalue weighted by Gasteiger charge is 2.41. The summed E-state index contributed by atoms with van der Waals surface area (Å²) in [5, 5.41) is 18.0. The quantitative estimate of drug-likeness (QED) is 0.181. The minimum Gasteiger partial charge on any atom is -0.497 e. The van der Waals surface area contributed by atoms with Crippen LogP contribution in [-0.4, -0.2) is 58.4 Å². The minimum atomic E-state index is -2.16. The van der Waals surface area contributed by atoms with E-state index in [9.17, 15) is 24.3 Å². The lowest BCUT2D eigenvalue weighted by molar-refractivity contribution is -0.142. The molecule has 1 atom stereocenters. The number of carbonyl (C=O) groups is 3. The molecule has 0 saturated carbocycles. The monoisotopic (exact) mass is 608 g/mol. The van der Waals surface area contributed by atoms with Crippen LogP contribution in [0.15, 0.2) is 29.1 Å². The lowest BCUT2D eigenvalue weighted by Crippen LogP contribution is -2.48. The van der Waals surface area contributed by atoms with Crippen molar-refractivity contribution < 1.29 is 33.7 Å². The number of nitrogens with zero attached hydrogens (tertiary/aromatic N) is 2. The number of pyridine rings is 2. The second kappa shape index (κ2) is 12.7. The van der Waals surface area contributed by atoms with Crippen LogP contribution < -0.4 is 20.9 Å². The summed E-state index contributed by atoms with van der Waals surface area (Å²) in [6.07, 6.45) is -0.0635. The zero-order valence-electron chi connectivity index (χ0n) is 26.3. The number of ether oxygens (including phenoxy) is 3. The van der Waals surface area contributed by atoms with E-state index in [0.717, 1.165) is 16.5 Å². The first kappa shape index (κ1) is 32.5. The Kier molecular flexibility index (Phi) is 9.33. The summed E-state index contributed by atoms with van der Waals surface area (Å²) in [6.45, 7) is 9.89. The molecule has 4 rings (SSSR count). The predicted molar refractivity (Wildman–Crippen MR) is 163 cm³/mol. The lowest BCUT2D eigenvalue weighted by Gasteiger charge is -2.29. The molecule has 0 bridgehead atoms. The third-order valence-corrected chi connectivity index (χ3v) is 7.56. The second-order valence-corrected chi connectivity index (χ2v) is 11.6. The molecule has 1 aliphatic heterocycles. The van der Waals surface area contributed by atoms with Crippen LogP contribution in [0.1, 0.15) is 70.2 Å². The molecule has 3 heterocycles. The van der Waals surface area contributed by atoms with E-state index in [-0.39, 0.29) is 37.2 Å². The van der Waals surface area contributed by atoms with Gasteiger partial charge in [-0.05, 0) is 63.4 Å². The molecule has 2 amide bonds. The van der Waals surface area contributed by atoms with Crippen LogP contribution in [0.5, 0.6) is 5.75 Å². The number of hydrogen-bond donors (Lipinski definition) is 3. The van der Waals surface area contributed by atoms with Crippen molar-refractivity contribution in [1.29, 1.82) is 0 Å². The standard InChI is InChI=1S/C32H40N4O8/c1-8-20-21-14-19(42-7)10-11-25(21)35-27-22(20)16-36-26(27)15-24(23(28(36)38)17-43-18(3)37)32(41,9-2)29(39)33-12-13-34-30(40)44-31(4,5)6/h10-11,14-15,41H,8-9,12-13,16-17H2,1-7H3,(H,33,39)(H,34,40)/t32-/m0/s1. The van der Waals surface area contributed by atoms with Gasteiger partial charge in [-0.1, -0.05) is 13.8 Å². The van der Waals surface area contributed by atoms with E-state index >= 15 is 0 Å². The van der Waals surface area contributed by atoms with Gasteiger partial charge in [0, 0.05) is 36.5 Å². The molecule has 236 valence electrons. The highest BCUT2D eigenvalue weighted by molar-refractivity contribution is 5.90. The first-order chi connectivity index (χ1) is 20.7. The number of esters is 1. The van der Waals surface area contributed by atoms with E-state index in [4.69, 9.17) is 19.2 Å². The molecular weight excluding hydrogens is 568 g/mol. The van der Waals surface area contributed by atoms with E-state index in [1.54, 1.807) is 40.9 Å². The fraction of sp³-hybridized carbons (Fsp3) is 0.469. The van der Waals surface area contributed by atoms with Crippen molar-refractivity contribution in [3.8, 4) is 17.1 Å². The predicted octanol–water partition coefficient (Wildman–Crippen LogP) is 3.30. The van der Waals surface area contributed by atoms with Gasteiger partial charge in [0.05, 0.1) is 36.1 Å². The van der Waals surface area contributed by atoms with Gasteiger partial charge in [0.25, 0.3) is 11.5 Å². The van der Waals surface area contributed by atoms with Crippen LogP contribution in [0, 0.1) is 0 Å². The average Bonchev–Trinajstić information content (AvgIpc) is 3.34. The lowest BCUT2D eigenvalue weighted by atomic mass is 9.86. The molecule has 1 aliphatic rings. The molecular formula is C32H40N4O8. The zero-order chi connectivity index (χ0) is 32.4. The third kappa shape index (κ3) is 6.40. The highest BCUT2D eigenvalue weighted by Crippen LogP contribution is 2.39. The third-order valence-electron chi connectivity index (χ3n) is 7.56. The molecule has 0 fully saturated rings. The number of methoxy groups -OCH3 is 1. The fourth-order valence-corrected chi connectivity index (χ4v) is 5.42. The van der Waals surface area contributed by atoms with Crippen molar-refractivity contribution in [3.05, 3.63) is 56.9 Å². The Balaban J connectivity index is 1.76. The first-order valence-corrected chi connectivity index (χ1v) is 14.6. The molecule has 12 nitrogen and oxygen atoms in total. The van der Waals surface area contributed by atoms with Crippen LogP contribution in [0.25, 0.3) is 22.3 Å². The van der Waals surface area contributed by atoms with Crippen LogP contribution in [0.4, 0.5) is 4.79 Å². The van der Waals surface area contributed by atoms with Crippen molar-refractivity contribution >= 4 is 28.9 Å². The van der Waals surface area contributed by atoms with Gasteiger partial charge in [0.2, 0.25) is 0 Å². The summed E-state index contributed by atoms with van der Waals surface area (Å²) < 4.78 is 17.4. The number of aryl methyl sites for hydroxylation is 1. The van der Waals surface area contributed by atoms with Crippen molar-refractivity contribution in [3.63, 3.8) is 0 Å². The molecule has 2 aromatic heterocycles. The number of fused-ring (bicyclic) bond motifs is 4. The number of alkyl carbamates (subject to hydrolysis) is 1. The summed E-state index contributed by atoms with van der Waals surface area (Å²) in [6, 6.07) is 7.18. The van der Waals surface area contributed by atoms with Gasteiger partial charge >= 0.3 is 12.1 Å². The van der Waals surface area contributed by atoms with Crippen molar-refractivity contribution in [1.82, 2.24) is 20.2 Å².